The lowest BCUT2D eigenvalue weighted by Crippen LogP contribution is -2.56. The summed E-state index contributed by atoms with van der Waals surface area (Å²) in [7, 11) is 0. The van der Waals surface area contributed by atoms with Gasteiger partial charge in [0.15, 0.2) is 0 Å². The molecule has 4 aliphatic heterocycles. The fraction of sp³-hybridized carbons (Fsp3) is 0.485. The molecule has 3 aromatic rings. The zero-order chi connectivity index (χ0) is 28.6. The number of hydrogen-bond donors (Lipinski definition) is 2. The number of aliphatic hydroxyl groups is 2. The number of anilines is 1. The van der Waals surface area contributed by atoms with E-state index in [4.69, 9.17) is 0 Å². The first kappa shape index (κ1) is 27.5. The number of nitrogens with zero attached hydrogens (tertiary/aromatic N) is 6. The Balaban J connectivity index is 0.962. The first-order chi connectivity index (χ1) is 20.5. The second kappa shape index (κ2) is 11.7. The lowest BCUT2D eigenvalue weighted by Gasteiger charge is -2.44. The van der Waals surface area contributed by atoms with E-state index < -0.39 is 12.2 Å². The summed E-state index contributed by atoms with van der Waals surface area (Å²) in [5.41, 5.74) is 5.82. The predicted octanol–water partition coefficient (Wildman–Crippen LogP) is 2.11. The largest absolute Gasteiger partial charge is 0.390 e. The molecule has 0 spiro atoms. The van der Waals surface area contributed by atoms with E-state index in [1.807, 2.05) is 0 Å². The van der Waals surface area contributed by atoms with Gasteiger partial charge >= 0.3 is 0 Å². The molecule has 0 bridgehead atoms. The molecule has 4 atom stereocenters. The molecule has 2 saturated heterocycles. The number of β-amino-alcohol motifs (C(OH)–C–C–N with tert-alkyl or cyclic N) is 2. The van der Waals surface area contributed by atoms with Gasteiger partial charge in [-0.05, 0) is 47.9 Å². The second-order valence-electron chi connectivity index (χ2n) is 12.3. The van der Waals surface area contributed by atoms with Crippen LogP contribution in [0.1, 0.15) is 45.6 Å². The Kier molecular flexibility index (Phi) is 7.66. The Hall–Kier alpha value is -3.37. The highest BCUT2D eigenvalue weighted by molar-refractivity contribution is 5.93. The first-order valence-electron chi connectivity index (χ1n) is 15.4. The molecule has 0 saturated carbocycles. The van der Waals surface area contributed by atoms with E-state index in [9.17, 15) is 15.0 Å². The van der Waals surface area contributed by atoms with Crippen molar-refractivity contribution in [3.63, 3.8) is 0 Å². The van der Waals surface area contributed by atoms with Crippen LogP contribution in [0.25, 0.3) is 0 Å². The van der Waals surface area contributed by atoms with Gasteiger partial charge in [-0.3, -0.25) is 14.6 Å². The Bertz CT molecular complexity index is 1430. The summed E-state index contributed by atoms with van der Waals surface area (Å²) < 4.78 is 0. The minimum atomic E-state index is -0.606. The van der Waals surface area contributed by atoms with Crippen LogP contribution < -0.4 is 4.90 Å². The van der Waals surface area contributed by atoms with Gasteiger partial charge in [0, 0.05) is 70.5 Å². The van der Waals surface area contributed by atoms with Crippen molar-refractivity contribution in [2.75, 3.05) is 44.2 Å². The molecule has 7 rings (SSSR count). The molecule has 9 nitrogen and oxygen atoms in total. The lowest BCUT2D eigenvalue weighted by molar-refractivity contribution is -0.0139. The van der Waals surface area contributed by atoms with Crippen molar-refractivity contribution in [1.29, 1.82) is 0 Å². The van der Waals surface area contributed by atoms with E-state index in [0.29, 0.717) is 31.1 Å². The Morgan fingerprint density at radius 1 is 0.714 bits per heavy atom. The normalized spacial score (nSPS) is 26.9. The van der Waals surface area contributed by atoms with Gasteiger partial charge in [-0.2, -0.15) is 0 Å². The van der Waals surface area contributed by atoms with Gasteiger partial charge in [-0.25, -0.2) is 9.97 Å². The summed E-state index contributed by atoms with van der Waals surface area (Å²) in [4.78, 5) is 30.8. The molecular weight excluding hydrogens is 528 g/mol. The van der Waals surface area contributed by atoms with E-state index in [0.717, 1.165) is 58.4 Å². The van der Waals surface area contributed by atoms with Crippen molar-refractivity contribution in [1.82, 2.24) is 24.7 Å². The lowest BCUT2D eigenvalue weighted by atomic mass is 9.94. The van der Waals surface area contributed by atoms with Crippen LogP contribution in [0, 0.1) is 0 Å². The van der Waals surface area contributed by atoms with E-state index in [1.54, 1.807) is 11.0 Å². The van der Waals surface area contributed by atoms with Crippen LogP contribution in [0.15, 0.2) is 60.9 Å². The van der Waals surface area contributed by atoms with Gasteiger partial charge in [-0.15, -0.1) is 0 Å². The minimum absolute atomic E-state index is 0.0412. The molecule has 1 amide bonds. The maximum atomic E-state index is 13.5. The first-order valence-corrected chi connectivity index (χ1v) is 15.4. The number of likely N-dealkylation sites (tertiary alicyclic amines) is 1. The predicted molar refractivity (Wildman–Crippen MR) is 160 cm³/mol. The fourth-order valence-corrected chi connectivity index (χ4v) is 7.48. The van der Waals surface area contributed by atoms with Gasteiger partial charge in [0.05, 0.1) is 12.2 Å². The van der Waals surface area contributed by atoms with Crippen LogP contribution in [0.4, 0.5) is 5.82 Å². The van der Waals surface area contributed by atoms with Gasteiger partial charge in [0.25, 0.3) is 5.91 Å². The van der Waals surface area contributed by atoms with Crippen LogP contribution in [-0.2, 0) is 25.9 Å². The molecule has 9 heteroatoms. The maximum absolute atomic E-state index is 13.5. The molecule has 4 aliphatic rings. The number of carbonyl (C=O) groups excluding carboxylic acids is 1. The molecule has 220 valence electrons. The third-order valence-corrected chi connectivity index (χ3v) is 9.83. The fourth-order valence-electron chi connectivity index (χ4n) is 7.48. The highest BCUT2D eigenvalue weighted by Gasteiger charge is 2.37. The molecule has 2 fully saturated rings. The molecule has 1 unspecified atom stereocenters. The quantitative estimate of drug-likeness (QED) is 0.494. The van der Waals surface area contributed by atoms with Crippen LogP contribution in [0.5, 0.6) is 0 Å². The van der Waals surface area contributed by atoms with Crippen LogP contribution >= 0.6 is 0 Å². The van der Waals surface area contributed by atoms with Gasteiger partial charge in [0.1, 0.15) is 17.8 Å². The highest BCUT2D eigenvalue weighted by atomic mass is 16.3. The third-order valence-electron chi connectivity index (χ3n) is 9.83. The van der Waals surface area contributed by atoms with Crippen molar-refractivity contribution < 1.29 is 15.0 Å². The minimum Gasteiger partial charge on any atom is -0.390 e. The van der Waals surface area contributed by atoms with Crippen LogP contribution in [-0.4, -0.2) is 104 Å². The van der Waals surface area contributed by atoms with Crippen molar-refractivity contribution in [2.45, 2.75) is 63.1 Å². The van der Waals surface area contributed by atoms with E-state index in [-0.39, 0.29) is 18.0 Å². The zero-order valence-electron chi connectivity index (χ0n) is 24.1. The number of fused-ring (bicyclic) bond motifs is 2. The van der Waals surface area contributed by atoms with Gasteiger partial charge in [0.2, 0.25) is 0 Å². The molecule has 2 N–H and O–H groups in total. The van der Waals surface area contributed by atoms with E-state index >= 15 is 0 Å². The van der Waals surface area contributed by atoms with Crippen molar-refractivity contribution in [3.05, 3.63) is 88.9 Å². The molecule has 2 aromatic carbocycles. The summed E-state index contributed by atoms with van der Waals surface area (Å²) in [6.45, 7) is 5.70. The average molecular weight is 569 g/mol. The van der Waals surface area contributed by atoms with Crippen LogP contribution in [0.3, 0.4) is 0 Å². The molecular formula is C33H40N6O3. The van der Waals surface area contributed by atoms with Gasteiger partial charge in [-0.1, -0.05) is 48.5 Å². The number of piperidine rings is 2. The van der Waals surface area contributed by atoms with Crippen molar-refractivity contribution in [2.24, 2.45) is 0 Å². The number of benzene rings is 2. The number of hydrogen-bond acceptors (Lipinski definition) is 8. The van der Waals surface area contributed by atoms with Gasteiger partial charge < -0.3 is 20.0 Å². The summed E-state index contributed by atoms with van der Waals surface area (Å²) >= 11 is 0. The number of aromatic nitrogens is 2. The maximum Gasteiger partial charge on any atom is 0.272 e. The second-order valence-corrected chi connectivity index (χ2v) is 12.3. The smallest absolute Gasteiger partial charge is 0.272 e. The Morgan fingerprint density at radius 3 is 1.88 bits per heavy atom. The summed E-state index contributed by atoms with van der Waals surface area (Å²) in [6.07, 6.45) is 3.89. The topological polar surface area (TPSA) is 96.3 Å². The summed E-state index contributed by atoms with van der Waals surface area (Å²) in [5.74, 6) is 0.486. The SMILES string of the molecule is O=C(c1cc(N2CC[C@H](N3CCc4ccccc4C3)[C@@H](O)C2)ncn1)N1CCC(N2CCc3ccccc3C2)[C@@H](O)C1. The Labute approximate surface area is 247 Å². The number of rotatable bonds is 4. The summed E-state index contributed by atoms with van der Waals surface area (Å²) in [5, 5.41) is 22.3. The zero-order valence-corrected chi connectivity index (χ0v) is 24.1. The number of carbonyl (C=O) groups is 1. The summed E-state index contributed by atoms with van der Waals surface area (Å²) in [6, 6.07) is 19.0. The van der Waals surface area contributed by atoms with Crippen molar-refractivity contribution in [3.8, 4) is 0 Å². The Morgan fingerprint density at radius 2 is 1.29 bits per heavy atom. The average Bonchev–Trinajstić information content (AvgIpc) is 3.04. The molecule has 42 heavy (non-hydrogen) atoms. The molecule has 1 aromatic heterocycles. The number of aliphatic hydroxyl groups excluding tert-OH is 2. The third kappa shape index (κ3) is 5.42. The highest BCUT2D eigenvalue weighted by Crippen LogP contribution is 2.28. The van der Waals surface area contributed by atoms with E-state index in [2.05, 4.69) is 73.2 Å². The number of amides is 1. The molecule has 0 radical (unpaired) electrons. The van der Waals surface area contributed by atoms with Crippen molar-refractivity contribution >= 4 is 11.7 Å². The van der Waals surface area contributed by atoms with E-state index in [1.165, 1.54) is 28.6 Å². The standard InChI is InChI=1S/C33H40N6O3/c40-30-20-38(15-11-28(30)36-13-9-23-5-1-3-7-25(23)18-36)32-17-27(34-22-35-32)33(42)39-16-12-29(31(41)21-39)37-14-10-24-6-2-4-8-26(24)19-37/h1-8,17,22,28-31,40-41H,9-16,18-21H2/t28-,29?,30-,31-/m0/s1. The van der Waals surface area contributed by atoms with Crippen LogP contribution in [0.2, 0.25) is 0 Å². The molecule has 5 heterocycles. The monoisotopic (exact) mass is 568 g/mol. The molecule has 0 aliphatic carbocycles.